The molecule has 0 spiro atoms. The van der Waals surface area contributed by atoms with Crippen molar-refractivity contribution in [1.82, 2.24) is 24.3 Å². The number of urea groups is 1. The van der Waals surface area contributed by atoms with Gasteiger partial charge in [0.1, 0.15) is 5.65 Å². The molecule has 0 radical (unpaired) electrons. The van der Waals surface area contributed by atoms with E-state index in [2.05, 4.69) is 50.8 Å². The van der Waals surface area contributed by atoms with Crippen LogP contribution in [-0.2, 0) is 12.8 Å². The number of rotatable bonds is 8. The second-order valence-corrected chi connectivity index (χ2v) is 12.8. The highest BCUT2D eigenvalue weighted by Crippen LogP contribution is 2.34. The summed E-state index contributed by atoms with van der Waals surface area (Å²) in [5.74, 6) is 0.499. The summed E-state index contributed by atoms with van der Waals surface area (Å²) in [7, 11) is 0. The number of benzene rings is 3. The number of piperidine rings is 1. The van der Waals surface area contributed by atoms with Crippen LogP contribution >= 0.6 is 0 Å². The summed E-state index contributed by atoms with van der Waals surface area (Å²) in [4.78, 5) is 32.1. The zero-order chi connectivity index (χ0) is 33.2. The maximum Gasteiger partial charge on any atom is 0.326 e. The number of pyridine rings is 1. The summed E-state index contributed by atoms with van der Waals surface area (Å²) in [6.45, 7) is 3.87. The first-order valence-corrected chi connectivity index (χ1v) is 17.0. The van der Waals surface area contributed by atoms with Crippen LogP contribution in [0.5, 0.6) is 0 Å². The fourth-order valence-electron chi connectivity index (χ4n) is 6.82. The molecule has 5 heterocycles. The van der Waals surface area contributed by atoms with Crippen LogP contribution in [0.2, 0.25) is 0 Å². The molecule has 4 N–H and O–H groups in total. The summed E-state index contributed by atoms with van der Waals surface area (Å²) in [6.07, 6.45) is 7.78. The molecule has 10 nitrogen and oxygen atoms in total. The predicted octanol–water partition coefficient (Wildman–Crippen LogP) is 6.76. The molecule has 0 aliphatic carbocycles. The average Bonchev–Trinajstić information content (AvgIpc) is 3.75. The maximum atomic E-state index is 13.3. The molecule has 0 bridgehead atoms. The van der Waals surface area contributed by atoms with E-state index in [0.29, 0.717) is 24.2 Å². The quantitative estimate of drug-likeness (QED) is 0.167. The van der Waals surface area contributed by atoms with E-state index in [1.807, 2.05) is 77.3 Å². The summed E-state index contributed by atoms with van der Waals surface area (Å²) in [5, 5.41) is 6.49. The number of carbonyl (C=O) groups excluding carboxylic acids is 1. The van der Waals surface area contributed by atoms with Gasteiger partial charge in [0.05, 0.1) is 17.1 Å². The third-order valence-corrected chi connectivity index (χ3v) is 9.51. The van der Waals surface area contributed by atoms with Crippen LogP contribution in [-0.4, -0.2) is 62.5 Å². The van der Waals surface area contributed by atoms with Crippen LogP contribution in [0.3, 0.4) is 0 Å². The Balaban J connectivity index is 1.02. The second-order valence-electron chi connectivity index (χ2n) is 12.8. The minimum Gasteiger partial charge on any atom is -0.328 e. The number of nitrogens with two attached hydrogens (primary N) is 1. The molecule has 2 amide bonds. The van der Waals surface area contributed by atoms with E-state index in [0.717, 1.165) is 85.0 Å². The van der Waals surface area contributed by atoms with Crippen molar-refractivity contribution in [3.63, 3.8) is 0 Å². The van der Waals surface area contributed by atoms with Crippen molar-refractivity contribution in [3.05, 3.63) is 121 Å². The van der Waals surface area contributed by atoms with Gasteiger partial charge >= 0.3 is 6.03 Å². The van der Waals surface area contributed by atoms with Gasteiger partial charge in [-0.25, -0.2) is 19.7 Å². The molecule has 8 rings (SSSR count). The summed E-state index contributed by atoms with van der Waals surface area (Å²) in [6, 6.07) is 32.4. The molecule has 0 saturated carbocycles. The van der Waals surface area contributed by atoms with E-state index < -0.39 is 0 Å². The topological polar surface area (TPSA) is 117 Å². The van der Waals surface area contributed by atoms with Gasteiger partial charge in [-0.1, -0.05) is 48.5 Å². The SMILES string of the molecule is NC1CCN(CCc2ccc(Nc3nccc(-c4c(-c5cccc(NC(=O)N6CCc7ccccc76)c5)nc5ccccn45)n3)cc2)CC1. The Morgan fingerprint density at radius 3 is 2.57 bits per heavy atom. The standard InChI is InChI=1S/C39H39N9O/c40-30-18-23-46(24-19-30)22-16-27-11-13-31(14-12-27)42-38-41-20-15-33(44-38)37-36(45-35-10-3-4-21-48(35)37)29-7-5-8-32(26-29)43-39(49)47-25-17-28-6-1-2-9-34(28)47/h1-15,20-21,26,30H,16-19,22-25,40H2,(H,43,49)(H,41,42,44). The number of carbonyl (C=O) groups is 1. The first-order chi connectivity index (χ1) is 24.1. The lowest BCUT2D eigenvalue weighted by atomic mass is 10.1. The fourth-order valence-corrected chi connectivity index (χ4v) is 6.82. The molecule has 49 heavy (non-hydrogen) atoms. The predicted molar refractivity (Wildman–Crippen MR) is 195 cm³/mol. The highest BCUT2D eigenvalue weighted by molar-refractivity contribution is 6.03. The maximum absolute atomic E-state index is 13.3. The lowest BCUT2D eigenvalue weighted by molar-refractivity contribution is 0.215. The lowest BCUT2D eigenvalue weighted by Gasteiger charge is -2.29. The molecule has 246 valence electrons. The summed E-state index contributed by atoms with van der Waals surface area (Å²) < 4.78 is 2.04. The van der Waals surface area contributed by atoms with Gasteiger partial charge < -0.3 is 21.3 Å². The van der Waals surface area contributed by atoms with E-state index in [4.69, 9.17) is 15.7 Å². The number of hydrogen-bond acceptors (Lipinski definition) is 7. The molecule has 3 aromatic carbocycles. The number of anilines is 4. The Morgan fingerprint density at radius 2 is 1.69 bits per heavy atom. The zero-order valence-corrected chi connectivity index (χ0v) is 27.3. The number of amides is 2. The smallest absolute Gasteiger partial charge is 0.326 e. The minimum atomic E-state index is -0.149. The number of nitrogens with one attached hydrogen (secondary N) is 2. The first kappa shape index (κ1) is 30.7. The number of nitrogens with zero attached hydrogens (tertiary/aromatic N) is 6. The van der Waals surface area contributed by atoms with Gasteiger partial charge in [0.15, 0.2) is 0 Å². The Bertz CT molecular complexity index is 2100. The van der Waals surface area contributed by atoms with Gasteiger partial charge in [0.25, 0.3) is 0 Å². The number of para-hydroxylation sites is 1. The number of aromatic nitrogens is 4. The Hall–Kier alpha value is -5.58. The van der Waals surface area contributed by atoms with Gasteiger partial charge in [0.2, 0.25) is 5.95 Å². The molecule has 1 saturated heterocycles. The van der Waals surface area contributed by atoms with Gasteiger partial charge in [0, 0.05) is 54.2 Å². The summed E-state index contributed by atoms with van der Waals surface area (Å²) in [5.41, 5.74) is 15.1. The van der Waals surface area contributed by atoms with Crippen LogP contribution in [0.4, 0.5) is 27.8 Å². The van der Waals surface area contributed by atoms with Gasteiger partial charge in [-0.3, -0.25) is 9.30 Å². The Labute approximate surface area is 285 Å². The zero-order valence-electron chi connectivity index (χ0n) is 27.3. The van der Waals surface area contributed by atoms with Crippen LogP contribution < -0.4 is 21.3 Å². The third kappa shape index (κ3) is 6.61. The van der Waals surface area contributed by atoms with E-state index in [1.54, 1.807) is 11.1 Å². The molecule has 0 atom stereocenters. The molecule has 6 aromatic rings. The van der Waals surface area contributed by atoms with Crippen molar-refractivity contribution in [2.24, 2.45) is 5.73 Å². The lowest BCUT2D eigenvalue weighted by Crippen LogP contribution is -2.40. The van der Waals surface area contributed by atoms with E-state index in [9.17, 15) is 4.79 Å². The van der Waals surface area contributed by atoms with Crippen LogP contribution in [0, 0.1) is 0 Å². The van der Waals surface area contributed by atoms with Crippen LogP contribution in [0.1, 0.15) is 24.0 Å². The molecule has 1 fully saturated rings. The fraction of sp³-hybridized carbons (Fsp3) is 0.231. The van der Waals surface area contributed by atoms with Crippen molar-refractivity contribution in [2.45, 2.75) is 31.7 Å². The normalized spacial score (nSPS) is 15.0. The highest BCUT2D eigenvalue weighted by Gasteiger charge is 2.25. The van der Waals surface area contributed by atoms with Crippen molar-refractivity contribution >= 4 is 34.7 Å². The molecule has 2 aliphatic heterocycles. The van der Waals surface area contributed by atoms with E-state index >= 15 is 0 Å². The number of likely N-dealkylation sites (tertiary alicyclic amines) is 1. The first-order valence-electron chi connectivity index (χ1n) is 17.0. The van der Waals surface area contributed by atoms with Crippen LogP contribution in [0.15, 0.2) is 109 Å². The molecule has 0 unspecified atom stereocenters. The monoisotopic (exact) mass is 649 g/mol. The van der Waals surface area contributed by atoms with Gasteiger partial charge in [-0.2, -0.15) is 0 Å². The summed E-state index contributed by atoms with van der Waals surface area (Å²) >= 11 is 0. The largest absolute Gasteiger partial charge is 0.328 e. The number of hydrogen-bond donors (Lipinski definition) is 3. The Kier molecular flexibility index (Phi) is 8.47. The minimum absolute atomic E-state index is 0.149. The van der Waals surface area contributed by atoms with Crippen LogP contribution in [0.25, 0.3) is 28.3 Å². The average molecular weight is 650 g/mol. The van der Waals surface area contributed by atoms with E-state index in [-0.39, 0.29) is 6.03 Å². The van der Waals surface area contributed by atoms with E-state index in [1.165, 1.54) is 11.1 Å². The van der Waals surface area contributed by atoms with Crippen molar-refractivity contribution < 1.29 is 4.79 Å². The number of fused-ring (bicyclic) bond motifs is 2. The molecular weight excluding hydrogens is 610 g/mol. The van der Waals surface area contributed by atoms with Gasteiger partial charge in [-0.15, -0.1) is 0 Å². The van der Waals surface area contributed by atoms with Gasteiger partial charge in [-0.05, 0) is 98.4 Å². The Morgan fingerprint density at radius 1 is 0.857 bits per heavy atom. The second kappa shape index (κ2) is 13.5. The third-order valence-electron chi connectivity index (χ3n) is 9.51. The molecule has 2 aliphatic rings. The number of imidazole rings is 1. The van der Waals surface area contributed by atoms with Crippen molar-refractivity contribution in [3.8, 4) is 22.6 Å². The van der Waals surface area contributed by atoms with Crippen molar-refractivity contribution in [2.75, 3.05) is 41.7 Å². The molecule has 3 aromatic heterocycles. The molecule has 10 heteroatoms. The highest BCUT2D eigenvalue weighted by atomic mass is 16.2. The van der Waals surface area contributed by atoms with Crippen molar-refractivity contribution in [1.29, 1.82) is 0 Å². The molecular formula is C39H39N9O.